The number of thiazole rings is 1. The molecule has 1 spiro atoms. The number of nitrogens with one attached hydrogen (secondary N) is 1. The van der Waals surface area contributed by atoms with Gasteiger partial charge in [-0.15, -0.1) is 11.3 Å². The lowest BCUT2D eigenvalue weighted by molar-refractivity contribution is -0.187. The number of ether oxygens (including phenoxy) is 2. The first-order chi connectivity index (χ1) is 14.5. The molecule has 0 bridgehead atoms. The second kappa shape index (κ2) is 9.47. The first-order valence-electron chi connectivity index (χ1n) is 10.0. The summed E-state index contributed by atoms with van der Waals surface area (Å²) in [4.78, 5) is 31.1. The highest BCUT2D eigenvalue weighted by Crippen LogP contribution is 2.31. The van der Waals surface area contributed by atoms with Crippen molar-refractivity contribution in [3.05, 3.63) is 40.9 Å². The van der Waals surface area contributed by atoms with Crippen LogP contribution >= 0.6 is 23.1 Å². The zero-order valence-corrected chi connectivity index (χ0v) is 18.5. The lowest BCUT2D eigenvalue weighted by Crippen LogP contribution is -2.47. The van der Waals surface area contributed by atoms with Crippen LogP contribution in [0.2, 0.25) is 0 Å². The Morgan fingerprint density at radius 1 is 1.20 bits per heavy atom. The number of hydrogen-bond acceptors (Lipinski definition) is 7. The molecule has 2 amide bonds. The van der Waals surface area contributed by atoms with Gasteiger partial charge in [-0.2, -0.15) is 0 Å². The second-order valence-corrected chi connectivity index (χ2v) is 9.55. The highest BCUT2D eigenvalue weighted by atomic mass is 32.2. The summed E-state index contributed by atoms with van der Waals surface area (Å²) in [6, 6.07) is 7.70. The van der Waals surface area contributed by atoms with Crippen molar-refractivity contribution >= 4 is 40.6 Å². The molecular formula is C21H25N3O4S2. The summed E-state index contributed by atoms with van der Waals surface area (Å²) in [7, 11) is 0. The molecule has 30 heavy (non-hydrogen) atoms. The van der Waals surface area contributed by atoms with Gasteiger partial charge in [-0.3, -0.25) is 9.59 Å². The predicted molar refractivity (Wildman–Crippen MR) is 117 cm³/mol. The van der Waals surface area contributed by atoms with E-state index in [1.54, 1.807) is 0 Å². The van der Waals surface area contributed by atoms with Crippen LogP contribution in [-0.4, -0.2) is 59.5 Å². The zero-order chi connectivity index (χ0) is 21.0. The molecule has 0 atom stereocenters. The van der Waals surface area contributed by atoms with Gasteiger partial charge in [0.15, 0.2) is 10.1 Å². The van der Waals surface area contributed by atoms with Crippen LogP contribution in [-0.2, 0) is 25.5 Å². The summed E-state index contributed by atoms with van der Waals surface area (Å²) in [6.07, 6.45) is 1.71. The number of benzene rings is 1. The van der Waals surface area contributed by atoms with Gasteiger partial charge in [0.2, 0.25) is 11.8 Å². The standard InChI is InChI=1S/C21H25N3O4S2/c1-15-2-4-16(5-3-15)22-18(25)14-30-20-23-17(13-29-20)12-19(26)24-8-6-21(7-9-24)27-10-11-28-21/h2-5,13H,6-12,14H2,1H3,(H,22,25). The Morgan fingerprint density at radius 2 is 1.90 bits per heavy atom. The molecular weight excluding hydrogens is 422 g/mol. The maximum absolute atomic E-state index is 12.6. The lowest BCUT2D eigenvalue weighted by Gasteiger charge is -2.37. The van der Waals surface area contributed by atoms with Crippen LogP contribution in [0.25, 0.3) is 0 Å². The maximum atomic E-state index is 12.6. The average molecular weight is 448 g/mol. The normalized spacial score (nSPS) is 18.0. The molecule has 0 radical (unpaired) electrons. The van der Waals surface area contributed by atoms with Gasteiger partial charge in [-0.05, 0) is 19.1 Å². The summed E-state index contributed by atoms with van der Waals surface area (Å²) < 4.78 is 12.2. The Hall–Kier alpha value is -1.94. The number of carbonyl (C=O) groups excluding carboxylic acids is 2. The van der Waals surface area contributed by atoms with Gasteiger partial charge in [0.05, 0.1) is 31.1 Å². The van der Waals surface area contributed by atoms with E-state index < -0.39 is 5.79 Å². The number of carbonyl (C=O) groups is 2. The summed E-state index contributed by atoms with van der Waals surface area (Å²) in [5, 5.41) is 4.77. The van der Waals surface area contributed by atoms with Crippen LogP contribution in [0.5, 0.6) is 0 Å². The second-order valence-electron chi connectivity index (χ2n) is 7.47. The van der Waals surface area contributed by atoms with E-state index in [1.165, 1.54) is 23.1 Å². The lowest BCUT2D eigenvalue weighted by atomic mass is 10.0. The van der Waals surface area contributed by atoms with Crippen molar-refractivity contribution in [2.24, 2.45) is 0 Å². The van der Waals surface area contributed by atoms with Crippen LogP contribution < -0.4 is 5.32 Å². The number of likely N-dealkylation sites (tertiary alicyclic amines) is 1. The molecule has 1 aromatic carbocycles. The largest absolute Gasteiger partial charge is 0.347 e. The summed E-state index contributed by atoms with van der Waals surface area (Å²) >= 11 is 2.85. The quantitative estimate of drug-likeness (QED) is 0.686. The zero-order valence-electron chi connectivity index (χ0n) is 16.9. The molecule has 1 N–H and O–H groups in total. The number of piperidine rings is 1. The van der Waals surface area contributed by atoms with Gasteiger partial charge < -0.3 is 19.7 Å². The number of rotatable bonds is 6. The van der Waals surface area contributed by atoms with E-state index in [9.17, 15) is 9.59 Å². The van der Waals surface area contributed by atoms with Crippen LogP contribution in [0.3, 0.4) is 0 Å². The summed E-state index contributed by atoms with van der Waals surface area (Å²) in [6.45, 7) is 4.56. The van der Waals surface area contributed by atoms with Crippen LogP contribution in [0.4, 0.5) is 5.69 Å². The molecule has 0 saturated carbocycles. The third kappa shape index (κ3) is 5.40. The van der Waals surface area contributed by atoms with Crippen molar-refractivity contribution in [1.82, 2.24) is 9.88 Å². The van der Waals surface area contributed by atoms with Crippen molar-refractivity contribution in [3.8, 4) is 0 Å². The minimum Gasteiger partial charge on any atom is -0.347 e. The Labute approximate surface area is 184 Å². The Bertz CT molecular complexity index is 884. The first kappa shape index (κ1) is 21.3. The van der Waals surface area contributed by atoms with Gasteiger partial charge in [0, 0.05) is 37.0 Å². The molecule has 0 aliphatic carbocycles. The fourth-order valence-corrected chi connectivity index (χ4v) is 5.19. The molecule has 2 saturated heterocycles. The third-order valence-electron chi connectivity index (χ3n) is 5.22. The van der Waals surface area contributed by atoms with Gasteiger partial charge in [-0.25, -0.2) is 4.98 Å². The molecule has 2 fully saturated rings. The van der Waals surface area contributed by atoms with E-state index in [-0.39, 0.29) is 24.0 Å². The van der Waals surface area contributed by atoms with E-state index in [0.29, 0.717) is 39.1 Å². The molecule has 0 unspecified atom stereocenters. The summed E-state index contributed by atoms with van der Waals surface area (Å²) in [5.74, 6) is -0.194. The molecule has 4 rings (SSSR count). The highest BCUT2D eigenvalue weighted by molar-refractivity contribution is 8.01. The SMILES string of the molecule is Cc1ccc(NC(=O)CSc2nc(CC(=O)N3CCC4(CC3)OCCO4)cs2)cc1. The van der Waals surface area contributed by atoms with E-state index in [4.69, 9.17) is 9.47 Å². The van der Waals surface area contributed by atoms with Crippen molar-refractivity contribution in [3.63, 3.8) is 0 Å². The van der Waals surface area contributed by atoms with Crippen molar-refractivity contribution < 1.29 is 19.1 Å². The topological polar surface area (TPSA) is 80.8 Å². The number of amides is 2. The van der Waals surface area contributed by atoms with E-state index in [0.717, 1.165) is 21.3 Å². The maximum Gasteiger partial charge on any atom is 0.234 e. The van der Waals surface area contributed by atoms with Crippen molar-refractivity contribution in [2.45, 2.75) is 36.3 Å². The summed E-state index contributed by atoms with van der Waals surface area (Å²) in [5.41, 5.74) is 2.69. The molecule has 2 aliphatic rings. The van der Waals surface area contributed by atoms with Crippen molar-refractivity contribution in [1.29, 1.82) is 0 Å². The van der Waals surface area contributed by atoms with Gasteiger partial charge >= 0.3 is 0 Å². The molecule has 7 nitrogen and oxygen atoms in total. The van der Waals surface area contributed by atoms with E-state index >= 15 is 0 Å². The molecule has 2 aliphatic heterocycles. The fourth-order valence-electron chi connectivity index (χ4n) is 3.55. The average Bonchev–Trinajstić information content (AvgIpc) is 3.38. The number of hydrogen-bond donors (Lipinski definition) is 1. The van der Waals surface area contributed by atoms with E-state index in [1.807, 2.05) is 41.5 Å². The number of aryl methyl sites for hydroxylation is 1. The molecule has 2 aromatic rings. The van der Waals surface area contributed by atoms with E-state index in [2.05, 4.69) is 10.3 Å². The van der Waals surface area contributed by atoms with Crippen LogP contribution in [0.15, 0.2) is 34.0 Å². The van der Waals surface area contributed by atoms with Gasteiger partial charge in [0.25, 0.3) is 0 Å². The molecule has 160 valence electrons. The highest BCUT2D eigenvalue weighted by Gasteiger charge is 2.40. The molecule has 9 heteroatoms. The number of nitrogens with zero attached hydrogens (tertiary/aromatic N) is 2. The predicted octanol–water partition coefficient (Wildman–Crippen LogP) is 3.09. The minimum absolute atomic E-state index is 0.0711. The number of aromatic nitrogens is 1. The number of anilines is 1. The minimum atomic E-state index is -0.472. The van der Waals surface area contributed by atoms with Gasteiger partial charge in [0.1, 0.15) is 0 Å². The Kier molecular flexibility index (Phi) is 6.72. The van der Waals surface area contributed by atoms with Crippen LogP contribution in [0.1, 0.15) is 24.1 Å². The Morgan fingerprint density at radius 3 is 2.60 bits per heavy atom. The first-order valence-corrected chi connectivity index (χ1v) is 11.9. The smallest absolute Gasteiger partial charge is 0.234 e. The molecule has 3 heterocycles. The number of thioether (sulfide) groups is 1. The third-order valence-corrected chi connectivity index (χ3v) is 7.29. The monoisotopic (exact) mass is 447 g/mol. The van der Waals surface area contributed by atoms with Crippen LogP contribution in [0, 0.1) is 6.92 Å². The fraction of sp³-hybridized carbons (Fsp3) is 0.476. The Balaban J connectivity index is 1.21. The van der Waals surface area contributed by atoms with Crippen molar-refractivity contribution in [2.75, 3.05) is 37.4 Å². The van der Waals surface area contributed by atoms with Gasteiger partial charge in [-0.1, -0.05) is 29.5 Å². The molecule has 1 aromatic heterocycles.